The highest BCUT2D eigenvalue weighted by Crippen LogP contribution is 2.44. The molecule has 4 rings (SSSR count). The number of carboxylic acids is 1. The zero-order valence-electron chi connectivity index (χ0n) is 13.7. The molecule has 1 saturated heterocycles. The maximum atomic E-state index is 11.5. The molecule has 2 aromatic rings. The fraction of sp³-hybridized carbons (Fsp3) is 0.444. The van der Waals surface area contributed by atoms with Crippen molar-refractivity contribution in [2.75, 3.05) is 18.0 Å². The Morgan fingerprint density at radius 3 is 3.04 bits per heavy atom. The van der Waals surface area contributed by atoms with Crippen LogP contribution in [-0.2, 0) is 11.8 Å². The monoisotopic (exact) mass is 324 g/mol. The lowest BCUT2D eigenvalue weighted by Crippen LogP contribution is -2.46. The molecule has 1 atom stereocenters. The van der Waals surface area contributed by atoms with Gasteiger partial charge in [-0.3, -0.25) is 0 Å². The number of pyridine rings is 1. The quantitative estimate of drug-likeness (QED) is 0.913. The zero-order valence-corrected chi connectivity index (χ0v) is 13.7. The molecule has 0 aromatic carbocycles. The second kappa shape index (κ2) is 5.54. The van der Waals surface area contributed by atoms with Gasteiger partial charge in [-0.15, -0.1) is 0 Å². The van der Waals surface area contributed by atoms with Gasteiger partial charge in [0.1, 0.15) is 17.2 Å². The van der Waals surface area contributed by atoms with Crippen molar-refractivity contribution in [3.05, 3.63) is 47.2 Å². The number of aryl methyl sites for hydroxylation is 2. The van der Waals surface area contributed by atoms with Gasteiger partial charge in [0.15, 0.2) is 0 Å². The minimum atomic E-state index is -0.928. The van der Waals surface area contributed by atoms with Crippen molar-refractivity contribution >= 4 is 11.8 Å². The normalized spacial score (nSPS) is 22.6. The van der Waals surface area contributed by atoms with Gasteiger partial charge in [-0.2, -0.15) is 0 Å². The first-order chi connectivity index (χ1) is 11.6. The minimum Gasteiger partial charge on any atom is -0.478 e. The lowest BCUT2D eigenvalue weighted by Gasteiger charge is -2.41. The third-order valence-corrected chi connectivity index (χ3v) is 5.25. The first kappa shape index (κ1) is 15.1. The summed E-state index contributed by atoms with van der Waals surface area (Å²) in [5, 5.41) is 9.46. The standard InChI is InChI=1S/C18H20N4O2/c1-12-20-10-13-5-7-18(15(13)21-12)6-3-9-22(11-18)16-14(17(23)24)4-2-8-19-16/h2,4,8,10H,3,5-7,9,11H2,1H3,(H,23,24). The van der Waals surface area contributed by atoms with Gasteiger partial charge >= 0.3 is 5.97 Å². The van der Waals surface area contributed by atoms with Gasteiger partial charge in [0.05, 0.1) is 5.69 Å². The first-order valence-corrected chi connectivity index (χ1v) is 8.35. The molecule has 1 aliphatic carbocycles. The van der Waals surface area contributed by atoms with Crippen molar-refractivity contribution in [2.45, 2.75) is 38.0 Å². The average Bonchev–Trinajstić information content (AvgIpc) is 2.92. The number of aromatic carboxylic acids is 1. The molecule has 2 aromatic heterocycles. The van der Waals surface area contributed by atoms with Crippen molar-refractivity contribution in [1.29, 1.82) is 0 Å². The molecule has 0 bridgehead atoms. The molecule has 1 N–H and O–H groups in total. The van der Waals surface area contributed by atoms with Crippen molar-refractivity contribution < 1.29 is 9.90 Å². The largest absolute Gasteiger partial charge is 0.478 e. The van der Waals surface area contributed by atoms with E-state index in [-0.39, 0.29) is 11.0 Å². The van der Waals surface area contributed by atoms with Gasteiger partial charge in [-0.1, -0.05) is 0 Å². The number of rotatable bonds is 2. The van der Waals surface area contributed by atoms with Crippen molar-refractivity contribution in [3.8, 4) is 0 Å². The number of carboxylic acid groups (broad SMARTS) is 1. The maximum Gasteiger partial charge on any atom is 0.339 e. The van der Waals surface area contributed by atoms with Crippen LogP contribution in [0.5, 0.6) is 0 Å². The van der Waals surface area contributed by atoms with E-state index in [1.54, 1.807) is 18.3 Å². The van der Waals surface area contributed by atoms with Crippen LogP contribution in [-0.4, -0.2) is 39.1 Å². The van der Waals surface area contributed by atoms with Crippen LogP contribution in [0.1, 0.15) is 46.7 Å². The van der Waals surface area contributed by atoms with Crippen molar-refractivity contribution in [3.63, 3.8) is 0 Å². The van der Waals surface area contributed by atoms with Gasteiger partial charge in [-0.05, 0) is 50.3 Å². The number of hydrogen-bond acceptors (Lipinski definition) is 5. The molecule has 0 radical (unpaired) electrons. The Morgan fingerprint density at radius 1 is 1.33 bits per heavy atom. The SMILES string of the molecule is Cc1ncc2c(n1)C1(CCCN(c3ncccc3C(=O)O)C1)CC2. The molecular weight excluding hydrogens is 304 g/mol. The summed E-state index contributed by atoms with van der Waals surface area (Å²) in [6.07, 6.45) is 7.76. The maximum absolute atomic E-state index is 11.5. The Morgan fingerprint density at radius 2 is 2.21 bits per heavy atom. The van der Waals surface area contributed by atoms with E-state index in [1.165, 1.54) is 5.56 Å². The van der Waals surface area contributed by atoms with E-state index in [2.05, 4.69) is 14.9 Å². The van der Waals surface area contributed by atoms with E-state index < -0.39 is 5.97 Å². The topological polar surface area (TPSA) is 79.2 Å². The van der Waals surface area contributed by atoms with Crippen LogP contribution in [0.3, 0.4) is 0 Å². The molecule has 0 saturated carbocycles. The van der Waals surface area contributed by atoms with Gasteiger partial charge in [-0.25, -0.2) is 19.7 Å². The Kier molecular flexibility index (Phi) is 3.48. The van der Waals surface area contributed by atoms with Crippen molar-refractivity contribution in [2.24, 2.45) is 0 Å². The lowest BCUT2D eigenvalue weighted by molar-refractivity contribution is 0.0697. The summed E-state index contributed by atoms with van der Waals surface area (Å²) in [5.41, 5.74) is 2.66. The molecule has 1 spiro atoms. The number of nitrogens with zero attached hydrogens (tertiary/aromatic N) is 4. The number of piperidine rings is 1. The third kappa shape index (κ3) is 2.33. The molecule has 1 fully saturated rings. The molecule has 24 heavy (non-hydrogen) atoms. The van der Waals surface area contributed by atoms with E-state index >= 15 is 0 Å². The minimum absolute atomic E-state index is 0.00538. The molecule has 3 heterocycles. The van der Waals surface area contributed by atoms with Crippen LogP contribution < -0.4 is 4.90 Å². The van der Waals surface area contributed by atoms with E-state index in [1.807, 2.05) is 13.1 Å². The average molecular weight is 324 g/mol. The number of fused-ring (bicyclic) bond motifs is 2. The zero-order chi connectivity index (χ0) is 16.7. The fourth-order valence-electron chi connectivity index (χ4n) is 4.16. The van der Waals surface area contributed by atoms with Crippen LogP contribution in [0.15, 0.2) is 24.5 Å². The van der Waals surface area contributed by atoms with E-state index in [0.717, 1.165) is 50.3 Å². The summed E-state index contributed by atoms with van der Waals surface area (Å²) in [6.45, 7) is 3.53. The summed E-state index contributed by atoms with van der Waals surface area (Å²) in [7, 11) is 0. The highest BCUT2D eigenvalue weighted by atomic mass is 16.4. The Balaban J connectivity index is 1.72. The fourth-order valence-corrected chi connectivity index (χ4v) is 4.16. The number of anilines is 1. The number of aromatic nitrogens is 3. The van der Waals surface area contributed by atoms with Crippen molar-refractivity contribution in [1.82, 2.24) is 15.0 Å². The number of carbonyl (C=O) groups is 1. The molecule has 1 unspecified atom stereocenters. The molecule has 0 amide bonds. The highest BCUT2D eigenvalue weighted by molar-refractivity contribution is 5.93. The summed E-state index contributed by atoms with van der Waals surface area (Å²) in [6, 6.07) is 3.30. The van der Waals surface area contributed by atoms with Gasteiger partial charge < -0.3 is 10.0 Å². The van der Waals surface area contributed by atoms with Crippen LogP contribution in [0.25, 0.3) is 0 Å². The van der Waals surface area contributed by atoms with E-state index in [9.17, 15) is 9.90 Å². The predicted molar refractivity (Wildman–Crippen MR) is 89.4 cm³/mol. The van der Waals surface area contributed by atoms with Crippen LogP contribution >= 0.6 is 0 Å². The van der Waals surface area contributed by atoms with E-state index in [4.69, 9.17) is 4.98 Å². The smallest absolute Gasteiger partial charge is 0.339 e. The highest BCUT2D eigenvalue weighted by Gasteiger charge is 2.44. The van der Waals surface area contributed by atoms with Gasteiger partial charge in [0.25, 0.3) is 0 Å². The molecule has 6 nitrogen and oxygen atoms in total. The van der Waals surface area contributed by atoms with E-state index in [0.29, 0.717) is 5.82 Å². The molecule has 2 aliphatic rings. The van der Waals surface area contributed by atoms with Crippen LogP contribution in [0.2, 0.25) is 0 Å². The molecular formula is C18H20N4O2. The predicted octanol–water partition coefficient (Wildman–Crippen LogP) is 2.36. The Hall–Kier alpha value is -2.50. The second-order valence-corrected chi connectivity index (χ2v) is 6.78. The summed E-state index contributed by atoms with van der Waals surface area (Å²) >= 11 is 0. The Bertz CT molecular complexity index is 803. The Labute approximate surface area is 140 Å². The third-order valence-electron chi connectivity index (χ3n) is 5.25. The lowest BCUT2D eigenvalue weighted by atomic mass is 9.77. The first-order valence-electron chi connectivity index (χ1n) is 8.35. The summed E-state index contributed by atoms with van der Waals surface area (Å²) in [5.74, 6) is 0.447. The van der Waals surface area contributed by atoms with Gasteiger partial charge in [0, 0.05) is 30.9 Å². The van der Waals surface area contributed by atoms with Crippen LogP contribution in [0, 0.1) is 6.92 Å². The second-order valence-electron chi connectivity index (χ2n) is 6.78. The molecule has 1 aliphatic heterocycles. The molecule has 124 valence electrons. The number of hydrogen-bond donors (Lipinski definition) is 1. The van der Waals surface area contributed by atoms with Crippen LogP contribution in [0.4, 0.5) is 5.82 Å². The molecule has 6 heteroatoms. The summed E-state index contributed by atoms with van der Waals surface area (Å²) < 4.78 is 0. The summed E-state index contributed by atoms with van der Waals surface area (Å²) in [4.78, 5) is 27.1. The van der Waals surface area contributed by atoms with Gasteiger partial charge in [0.2, 0.25) is 0 Å².